The van der Waals surface area contributed by atoms with Gasteiger partial charge in [-0.05, 0) is 44.2 Å². The van der Waals surface area contributed by atoms with Crippen LogP contribution < -0.4 is 10.0 Å². The lowest BCUT2D eigenvalue weighted by molar-refractivity contribution is 0.0543. The van der Waals surface area contributed by atoms with E-state index >= 15 is 0 Å². The summed E-state index contributed by atoms with van der Waals surface area (Å²) in [7, 11) is -2.08. The van der Waals surface area contributed by atoms with E-state index < -0.39 is 15.6 Å². The molecule has 0 aromatic heterocycles. The molecule has 0 aliphatic heterocycles. The molecular formula is C18H24N2O3S. The molecule has 0 heterocycles. The van der Waals surface area contributed by atoms with Crippen LogP contribution in [0.4, 0.5) is 0 Å². The molecule has 2 aromatic carbocycles. The lowest BCUT2D eigenvalue weighted by Gasteiger charge is -2.27. The first-order valence-corrected chi connectivity index (χ1v) is 9.29. The van der Waals surface area contributed by atoms with Gasteiger partial charge in [-0.15, -0.1) is 0 Å². The molecule has 5 nitrogen and oxygen atoms in total. The van der Waals surface area contributed by atoms with Gasteiger partial charge < -0.3 is 10.4 Å². The first kappa shape index (κ1) is 18.6. The predicted octanol–water partition coefficient (Wildman–Crippen LogP) is 2.15. The van der Waals surface area contributed by atoms with Gasteiger partial charge in [-0.25, -0.2) is 13.1 Å². The molecule has 0 fully saturated rings. The van der Waals surface area contributed by atoms with E-state index in [2.05, 4.69) is 10.0 Å². The summed E-state index contributed by atoms with van der Waals surface area (Å²) in [5, 5.41) is 13.9. The molecule has 3 N–H and O–H groups in total. The highest BCUT2D eigenvalue weighted by Crippen LogP contribution is 2.22. The van der Waals surface area contributed by atoms with Crippen molar-refractivity contribution in [3.8, 4) is 0 Å². The SMILES string of the molecule is CNS(=O)(=O)c1cccc([C@@H](C)NC[C@@](C)(O)c2ccccc2)c1. The van der Waals surface area contributed by atoms with E-state index in [0.717, 1.165) is 11.1 Å². The Kier molecular flexibility index (Phi) is 5.77. The summed E-state index contributed by atoms with van der Waals surface area (Å²) in [4.78, 5) is 0.228. The summed E-state index contributed by atoms with van der Waals surface area (Å²) in [6.45, 7) is 4.04. The van der Waals surface area contributed by atoms with E-state index in [9.17, 15) is 13.5 Å². The highest BCUT2D eigenvalue weighted by molar-refractivity contribution is 7.89. The first-order chi connectivity index (χ1) is 11.3. The van der Waals surface area contributed by atoms with Gasteiger partial charge >= 0.3 is 0 Å². The van der Waals surface area contributed by atoms with Crippen molar-refractivity contribution in [3.63, 3.8) is 0 Å². The second-order valence-electron chi connectivity index (χ2n) is 6.02. The Balaban J connectivity index is 2.11. The molecule has 24 heavy (non-hydrogen) atoms. The smallest absolute Gasteiger partial charge is 0.240 e. The van der Waals surface area contributed by atoms with E-state index in [4.69, 9.17) is 0 Å². The fourth-order valence-corrected chi connectivity index (χ4v) is 3.22. The van der Waals surface area contributed by atoms with Crippen LogP contribution in [0.3, 0.4) is 0 Å². The fourth-order valence-electron chi connectivity index (χ4n) is 2.44. The van der Waals surface area contributed by atoms with Crippen molar-refractivity contribution in [1.29, 1.82) is 0 Å². The average Bonchev–Trinajstić information content (AvgIpc) is 2.60. The summed E-state index contributed by atoms with van der Waals surface area (Å²) in [5.74, 6) is 0. The van der Waals surface area contributed by atoms with Crippen molar-refractivity contribution in [2.75, 3.05) is 13.6 Å². The van der Waals surface area contributed by atoms with Gasteiger partial charge in [0.25, 0.3) is 0 Å². The van der Waals surface area contributed by atoms with E-state index in [-0.39, 0.29) is 10.9 Å². The van der Waals surface area contributed by atoms with Gasteiger partial charge in [-0.2, -0.15) is 0 Å². The van der Waals surface area contributed by atoms with Crippen LogP contribution in [0.15, 0.2) is 59.5 Å². The first-order valence-electron chi connectivity index (χ1n) is 7.81. The normalized spacial score (nSPS) is 15.7. The molecule has 130 valence electrons. The number of rotatable bonds is 7. The van der Waals surface area contributed by atoms with Crippen LogP contribution in [0, 0.1) is 0 Å². The maximum atomic E-state index is 11.9. The standard InChI is InChI=1S/C18H24N2O3S/c1-14(15-8-7-11-17(12-15)24(22,23)19-3)20-13-18(2,21)16-9-5-4-6-10-16/h4-12,14,19-21H,13H2,1-3H3/t14-,18-/m1/s1. The summed E-state index contributed by atoms with van der Waals surface area (Å²) in [6, 6.07) is 16.1. The third-order valence-electron chi connectivity index (χ3n) is 4.09. The quantitative estimate of drug-likeness (QED) is 0.716. The molecule has 2 aromatic rings. The summed E-state index contributed by atoms with van der Waals surface area (Å²) in [5.41, 5.74) is 0.663. The zero-order chi connectivity index (χ0) is 17.8. The molecule has 2 rings (SSSR count). The minimum atomic E-state index is -3.47. The highest BCUT2D eigenvalue weighted by atomic mass is 32.2. The molecule has 0 unspecified atom stereocenters. The number of aliphatic hydroxyl groups is 1. The van der Waals surface area contributed by atoms with Crippen LogP contribution in [-0.4, -0.2) is 27.1 Å². The molecule has 0 saturated heterocycles. The molecule has 0 radical (unpaired) electrons. The second kappa shape index (κ2) is 7.44. The van der Waals surface area contributed by atoms with Crippen LogP contribution >= 0.6 is 0 Å². The topological polar surface area (TPSA) is 78.4 Å². The summed E-state index contributed by atoms with van der Waals surface area (Å²) in [6.07, 6.45) is 0. The van der Waals surface area contributed by atoms with E-state index in [1.807, 2.05) is 43.3 Å². The lowest BCUT2D eigenvalue weighted by Crippen LogP contribution is -2.36. The number of sulfonamides is 1. The largest absolute Gasteiger partial charge is 0.384 e. The molecule has 6 heteroatoms. The van der Waals surface area contributed by atoms with Gasteiger partial charge in [-0.3, -0.25) is 0 Å². The van der Waals surface area contributed by atoms with E-state index in [0.29, 0.717) is 6.54 Å². The molecule has 0 spiro atoms. The highest BCUT2D eigenvalue weighted by Gasteiger charge is 2.23. The predicted molar refractivity (Wildman–Crippen MR) is 95.1 cm³/mol. The number of hydrogen-bond donors (Lipinski definition) is 3. The minimum Gasteiger partial charge on any atom is -0.384 e. The Labute approximate surface area is 143 Å². The van der Waals surface area contributed by atoms with Crippen molar-refractivity contribution in [3.05, 3.63) is 65.7 Å². The average molecular weight is 348 g/mol. The van der Waals surface area contributed by atoms with Crippen LogP contribution in [0.25, 0.3) is 0 Å². The van der Waals surface area contributed by atoms with Crippen molar-refractivity contribution in [1.82, 2.24) is 10.0 Å². The summed E-state index contributed by atoms with van der Waals surface area (Å²) < 4.78 is 26.1. The Hall–Kier alpha value is -1.73. The van der Waals surface area contributed by atoms with Crippen LogP contribution in [0.2, 0.25) is 0 Å². The van der Waals surface area contributed by atoms with Gasteiger partial charge in [0, 0.05) is 12.6 Å². The maximum Gasteiger partial charge on any atom is 0.240 e. The Morgan fingerprint density at radius 1 is 1.12 bits per heavy atom. The zero-order valence-corrected chi connectivity index (χ0v) is 15.0. The molecule has 0 aliphatic carbocycles. The van der Waals surface area contributed by atoms with Gasteiger partial charge in [-0.1, -0.05) is 42.5 Å². The van der Waals surface area contributed by atoms with Crippen LogP contribution in [-0.2, 0) is 15.6 Å². The van der Waals surface area contributed by atoms with Gasteiger partial charge in [0.05, 0.1) is 10.5 Å². The zero-order valence-electron chi connectivity index (χ0n) is 14.2. The Bertz CT molecular complexity index is 774. The van der Waals surface area contributed by atoms with Crippen LogP contribution in [0.1, 0.15) is 31.0 Å². The Morgan fingerprint density at radius 3 is 2.42 bits per heavy atom. The van der Waals surface area contributed by atoms with Crippen molar-refractivity contribution in [2.45, 2.75) is 30.4 Å². The second-order valence-corrected chi connectivity index (χ2v) is 7.91. The van der Waals surface area contributed by atoms with Gasteiger partial charge in [0.1, 0.15) is 0 Å². The van der Waals surface area contributed by atoms with Crippen molar-refractivity contribution in [2.24, 2.45) is 0 Å². The molecule has 0 saturated carbocycles. The number of benzene rings is 2. The number of nitrogens with one attached hydrogen (secondary N) is 2. The third-order valence-corrected chi connectivity index (χ3v) is 5.50. The molecular weight excluding hydrogens is 324 g/mol. The van der Waals surface area contributed by atoms with Gasteiger partial charge in [0.15, 0.2) is 0 Å². The summed E-state index contributed by atoms with van der Waals surface area (Å²) >= 11 is 0. The van der Waals surface area contributed by atoms with Gasteiger partial charge in [0.2, 0.25) is 10.0 Å². The van der Waals surface area contributed by atoms with Crippen molar-refractivity contribution < 1.29 is 13.5 Å². The van der Waals surface area contributed by atoms with Crippen LogP contribution in [0.5, 0.6) is 0 Å². The molecule has 0 aliphatic rings. The van der Waals surface area contributed by atoms with Crippen molar-refractivity contribution >= 4 is 10.0 Å². The monoisotopic (exact) mass is 348 g/mol. The molecule has 0 amide bonds. The minimum absolute atomic E-state index is 0.104. The molecule has 2 atom stereocenters. The fraction of sp³-hybridized carbons (Fsp3) is 0.333. The molecule has 0 bridgehead atoms. The number of hydrogen-bond acceptors (Lipinski definition) is 4. The lowest BCUT2D eigenvalue weighted by atomic mass is 9.95. The van der Waals surface area contributed by atoms with E-state index in [1.54, 1.807) is 25.1 Å². The van der Waals surface area contributed by atoms with E-state index in [1.165, 1.54) is 7.05 Å². The maximum absolute atomic E-state index is 11.9. The third kappa shape index (κ3) is 4.42. The Morgan fingerprint density at radius 2 is 1.79 bits per heavy atom.